The molecule has 1 unspecified atom stereocenters. The van der Waals surface area contributed by atoms with E-state index in [0.717, 1.165) is 6.42 Å². The molecule has 0 aromatic heterocycles. The number of hydrogen-bond acceptors (Lipinski definition) is 2. The van der Waals surface area contributed by atoms with E-state index >= 15 is 0 Å². The summed E-state index contributed by atoms with van der Waals surface area (Å²) in [4.78, 5) is 0. The predicted molar refractivity (Wildman–Crippen MR) is 40.6 cm³/mol. The van der Waals surface area contributed by atoms with Gasteiger partial charge in [-0.25, -0.2) is 0 Å². The zero-order valence-electron chi connectivity index (χ0n) is 6.34. The Morgan fingerprint density at radius 2 is 2.40 bits per heavy atom. The third-order valence-corrected chi connectivity index (χ3v) is 1.31. The zero-order chi connectivity index (χ0) is 7.82. The molecule has 0 bridgehead atoms. The van der Waals surface area contributed by atoms with Crippen LogP contribution in [0.15, 0.2) is 0 Å². The second-order valence-corrected chi connectivity index (χ2v) is 2.06. The van der Waals surface area contributed by atoms with Crippen LogP contribution >= 0.6 is 0 Å². The van der Waals surface area contributed by atoms with E-state index in [1.165, 1.54) is 0 Å². The lowest BCUT2D eigenvalue weighted by Crippen LogP contribution is -2.13. The minimum absolute atomic E-state index is 0.126. The molecule has 0 radical (unpaired) electrons. The largest absolute Gasteiger partial charge is 0.396 e. The van der Waals surface area contributed by atoms with Crippen LogP contribution in [0, 0.1) is 12.3 Å². The number of aliphatic hydroxyl groups excluding tert-OH is 1. The molecule has 0 heterocycles. The fraction of sp³-hybridized carbons (Fsp3) is 0.750. The highest BCUT2D eigenvalue weighted by molar-refractivity contribution is 4.83. The van der Waals surface area contributed by atoms with Crippen LogP contribution in [-0.4, -0.2) is 24.4 Å². The molecular weight excluding hydrogens is 128 g/mol. The molecule has 0 amide bonds. The Morgan fingerprint density at radius 1 is 1.70 bits per heavy atom. The van der Waals surface area contributed by atoms with Crippen molar-refractivity contribution in [3.8, 4) is 12.3 Å². The van der Waals surface area contributed by atoms with Crippen molar-refractivity contribution in [2.45, 2.75) is 25.9 Å². The van der Waals surface area contributed by atoms with E-state index in [2.05, 4.69) is 5.92 Å². The van der Waals surface area contributed by atoms with Crippen molar-refractivity contribution in [2.24, 2.45) is 0 Å². The van der Waals surface area contributed by atoms with Gasteiger partial charge in [-0.2, -0.15) is 0 Å². The molecule has 0 aliphatic rings. The van der Waals surface area contributed by atoms with E-state index < -0.39 is 0 Å². The molecule has 0 saturated heterocycles. The topological polar surface area (TPSA) is 29.5 Å². The van der Waals surface area contributed by atoms with Crippen LogP contribution in [0.5, 0.6) is 0 Å². The normalized spacial score (nSPS) is 12.5. The Bertz CT molecular complexity index is 104. The van der Waals surface area contributed by atoms with Gasteiger partial charge in [-0.3, -0.25) is 0 Å². The zero-order valence-corrected chi connectivity index (χ0v) is 6.34. The van der Waals surface area contributed by atoms with E-state index in [0.29, 0.717) is 13.0 Å². The Hall–Kier alpha value is -0.520. The van der Waals surface area contributed by atoms with Crippen molar-refractivity contribution < 1.29 is 9.84 Å². The Balaban J connectivity index is 3.32. The van der Waals surface area contributed by atoms with Gasteiger partial charge in [-0.1, -0.05) is 12.8 Å². The summed E-state index contributed by atoms with van der Waals surface area (Å²) >= 11 is 0. The SMILES string of the molecule is C#CCOC(CC)CCO. The lowest BCUT2D eigenvalue weighted by molar-refractivity contribution is 0.0544. The summed E-state index contributed by atoms with van der Waals surface area (Å²) in [6.07, 6.45) is 6.70. The first-order valence-electron chi connectivity index (χ1n) is 3.51. The van der Waals surface area contributed by atoms with Crippen LogP contribution in [-0.2, 0) is 4.74 Å². The van der Waals surface area contributed by atoms with Gasteiger partial charge in [0.2, 0.25) is 0 Å². The van der Waals surface area contributed by atoms with Crippen LogP contribution in [0.2, 0.25) is 0 Å². The number of hydrogen-bond donors (Lipinski definition) is 1. The molecule has 1 atom stereocenters. The molecule has 0 fully saturated rings. The molecular formula is C8H14O2. The maximum Gasteiger partial charge on any atom is 0.107 e. The fourth-order valence-corrected chi connectivity index (χ4v) is 0.715. The van der Waals surface area contributed by atoms with Gasteiger partial charge in [-0.05, 0) is 12.8 Å². The summed E-state index contributed by atoms with van der Waals surface area (Å²) in [6.45, 7) is 2.53. The van der Waals surface area contributed by atoms with E-state index in [-0.39, 0.29) is 12.7 Å². The molecule has 2 nitrogen and oxygen atoms in total. The highest BCUT2D eigenvalue weighted by atomic mass is 16.5. The quantitative estimate of drug-likeness (QED) is 0.575. The third-order valence-electron chi connectivity index (χ3n) is 1.31. The van der Waals surface area contributed by atoms with Crippen molar-refractivity contribution >= 4 is 0 Å². The van der Waals surface area contributed by atoms with E-state index in [4.69, 9.17) is 16.3 Å². The lowest BCUT2D eigenvalue weighted by Gasteiger charge is -2.11. The smallest absolute Gasteiger partial charge is 0.107 e. The first-order valence-corrected chi connectivity index (χ1v) is 3.51. The van der Waals surface area contributed by atoms with Crippen LogP contribution in [0.1, 0.15) is 19.8 Å². The first-order chi connectivity index (χ1) is 4.85. The average Bonchev–Trinajstić information content (AvgIpc) is 1.98. The molecule has 1 N–H and O–H groups in total. The first kappa shape index (κ1) is 9.48. The Kier molecular flexibility index (Phi) is 6.25. The second kappa shape index (κ2) is 6.60. The molecule has 0 aromatic carbocycles. The summed E-state index contributed by atoms with van der Waals surface area (Å²) in [5.41, 5.74) is 0. The molecule has 0 aromatic rings. The van der Waals surface area contributed by atoms with Crippen molar-refractivity contribution in [1.29, 1.82) is 0 Å². The molecule has 0 spiro atoms. The summed E-state index contributed by atoms with van der Waals surface area (Å²) in [7, 11) is 0. The number of terminal acetylenes is 1. The van der Waals surface area contributed by atoms with Gasteiger partial charge < -0.3 is 9.84 Å². The highest BCUT2D eigenvalue weighted by Gasteiger charge is 2.02. The van der Waals surface area contributed by atoms with Crippen LogP contribution in [0.3, 0.4) is 0 Å². The van der Waals surface area contributed by atoms with Gasteiger partial charge in [-0.15, -0.1) is 6.42 Å². The molecule has 0 rings (SSSR count). The van der Waals surface area contributed by atoms with E-state index in [9.17, 15) is 0 Å². The monoisotopic (exact) mass is 142 g/mol. The minimum Gasteiger partial charge on any atom is -0.396 e. The maximum absolute atomic E-state index is 8.54. The average molecular weight is 142 g/mol. The molecule has 58 valence electrons. The summed E-state index contributed by atoms with van der Waals surface area (Å²) in [5, 5.41) is 8.54. The lowest BCUT2D eigenvalue weighted by atomic mass is 10.2. The van der Waals surface area contributed by atoms with Crippen molar-refractivity contribution in [3.05, 3.63) is 0 Å². The van der Waals surface area contributed by atoms with Gasteiger partial charge in [0.25, 0.3) is 0 Å². The number of aliphatic hydroxyl groups is 1. The highest BCUT2D eigenvalue weighted by Crippen LogP contribution is 2.01. The van der Waals surface area contributed by atoms with Gasteiger partial charge in [0.15, 0.2) is 0 Å². The van der Waals surface area contributed by atoms with Crippen molar-refractivity contribution in [3.63, 3.8) is 0 Å². The third kappa shape index (κ3) is 4.37. The second-order valence-electron chi connectivity index (χ2n) is 2.06. The molecule has 0 saturated carbocycles. The summed E-state index contributed by atoms with van der Waals surface area (Å²) in [6, 6.07) is 0. The molecule has 2 heteroatoms. The standard InChI is InChI=1S/C8H14O2/c1-3-7-10-8(4-2)5-6-9/h1,8-9H,4-7H2,2H3. The molecule has 0 aliphatic heterocycles. The van der Waals surface area contributed by atoms with Crippen molar-refractivity contribution in [2.75, 3.05) is 13.2 Å². The minimum atomic E-state index is 0.126. The number of rotatable bonds is 5. The summed E-state index contributed by atoms with van der Waals surface area (Å²) in [5.74, 6) is 2.39. The van der Waals surface area contributed by atoms with E-state index in [1.807, 2.05) is 6.92 Å². The Morgan fingerprint density at radius 3 is 2.80 bits per heavy atom. The van der Waals surface area contributed by atoms with Gasteiger partial charge >= 0.3 is 0 Å². The van der Waals surface area contributed by atoms with Crippen LogP contribution in [0.4, 0.5) is 0 Å². The van der Waals surface area contributed by atoms with Gasteiger partial charge in [0.1, 0.15) is 6.61 Å². The molecule has 0 aliphatic carbocycles. The van der Waals surface area contributed by atoms with Crippen LogP contribution in [0.25, 0.3) is 0 Å². The van der Waals surface area contributed by atoms with Crippen molar-refractivity contribution in [1.82, 2.24) is 0 Å². The fourth-order valence-electron chi connectivity index (χ4n) is 0.715. The number of ether oxygens (including phenoxy) is 1. The summed E-state index contributed by atoms with van der Waals surface area (Å²) < 4.78 is 5.18. The predicted octanol–water partition coefficient (Wildman–Crippen LogP) is 0.797. The van der Waals surface area contributed by atoms with Gasteiger partial charge in [0.05, 0.1) is 6.10 Å². The molecule has 10 heavy (non-hydrogen) atoms. The van der Waals surface area contributed by atoms with E-state index in [1.54, 1.807) is 0 Å². The van der Waals surface area contributed by atoms with Crippen LogP contribution < -0.4 is 0 Å². The maximum atomic E-state index is 8.54. The Labute approximate surface area is 62.2 Å². The van der Waals surface area contributed by atoms with Gasteiger partial charge in [0, 0.05) is 6.61 Å².